The lowest BCUT2D eigenvalue weighted by atomic mass is 10.1. The fourth-order valence-electron chi connectivity index (χ4n) is 4.26. The lowest BCUT2D eigenvalue weighted by molar-refractivity contribution is 0.0949. The molecule has 1 fully saturated rings. The van der Waals surface area contributed by atoms with Gasteiger partial charge in [-0.15, -0.1) is 0 Å². The minimum absolute atomic E-state index is 0.235. The van der Waals surface area contributed by atoms with Crippen LogP contribution in [0.15, 0.2) is 54.7 Å². The van der Waals surface area contributed by atoms with Gasteiger partial charge < -0.3 is 10.6 Å². The van der Waals surface area contributed by atoms with Gasteiger partial charge in [-0.05, 0) is 76.9 Å². The smallest absolute Gasteiger partial charge is 0.256 e. The van der Waals surface area contributed by atoms with Gasteiger partial charge in [0.1, 0.15) is 0 Å². The third-order valence-electron chi connectivity index (χ3n) is 6.25. The molecule has 5 rings (SSSR count). The minimum Gasteiger partial charge on any atom is -0.346 e. The van der Waals surface area contributed by atoms with Crippen molar-refractivity contribution in [1.82, 2.24) is 25.1 Å². The second kappa shape index (κ2) is 9.18. The summed E-state index contributed by atoms with van der Waals surface area (Å²) in [7, 11) is 0. The van der Waals surface area contributed by atoms with Gasteiger partial charge in [-0.3, -0.25) is 14.6 Å². The van der Waals surface area contributed by atoms with E-state index in [0.29, 0.717) is 29.3 Å². The number of hydrogen-bond acceptors (Lipinski definition) is 5. The third kappa shape index (κ3) is 4.84. The van der Waals surface area contributed by atoms with Gasteiger partial charge in [-0.25, -0.2) is 9.67 Å². The highest BCUT2D eigenvalue weighted by molar-refractivity contribution is 6.13. The van der Waals surface area contributed by atoms with E-state index in [1.54, 1.807) is 30.5 Å². The summed E-state index contributed by atoms with van der Waals surface area (Å²) in [5.41, 5.74) is 4.49. The van der Waals surface area contributed by atoms with Crippen LogP contribution in [-0.2, 0) is 12.1 Å². The summed E-state index contributed by atoms with van der Waals surface area (Å²) in [6.45, 7) is 8.47. The molecule has 3 aromatic heterocycles. The van der Waals surface area contributed by atoms with Crippen LogP contribution in [0.2, 0.25) is 0 Å². The molecular formula is C28H30N6O2. The van der Waals surface area contributed by atoms with Crippen LogP contribution in [0.1, 0.15) is 77.3 Å². The van der Waals surface area contributed by atoms with E-state index in [9.17, 15) is 9.59 Å². The number of benzene rings is 1. The Morgan fingerprint density at radius 2 is 1.86 bits per heavy atom. The standard InChI is InChI=1S/C28H30N6O2/c1-17-24-22(15-23(18-11-12-18)32-25(24)34(33-17)28(2,3)4)27(36)31-20-10-7-8-19(14-20)26(35)30-16-21-9-5-6-13-29-21/h5-10,13-15,18H,11-12,16H2,1-4H3,(H,30,35)(H,31,36). The Labute approximate surface area is 210 Å². The molecule has 2 amide bonds. The highest BCUT2D eigenvalue weighted by atomic mass is 16.2. The maximum atomic E-state index is 13.5. The molecule has 0 atom stereocenters. The molecule has 1 aliphatic rings. The van der Waals surface area contributed by atoms with Crippen molar-refractivity contribution in [2.24, 2.45) is 0 Å². The van der Waals surface area contributed by atoms with E-state index in [-0.39, 0.29) is 17.4 Å². The first-order chi connectivity index (χ1) is 17.2. The van der Waals surface area contributed by atoms with Gasteiger partial charge in [0.15, 0.2) is 5.65 Å². The SMILES string of the molecule is Cc1nn(C(C)(C)C)c2nc(C3CC3)cc(C(=O)Nc3cccc(C(=O)NCc4ccccn4)c3)c12. The van der Waals surface area contributed by atoms with Crippen molar-refractivity contribution in [2.45, 2.75) is 58.5 Å². The van der Waals surface area contributed by atoms with Crippen LogP contribution in [-0.4, -0.2) is 31.6 Å². The Morgan fingerprint density at radius 3 is 2.56 bits per heavy atom. The van der Waals surface area contributed by atoms with E-state index < -0.39 is 0 Å². The molecule has 0 spiro atoms. The number of aromatic nitrogens is 4. The molecule has 0 bridgehead atoms. The molecule has 0 aliphatic heterocycles. The number of anilines is 1. The van der Waals surface area contributed by atoms with Gasteiger partial charge in [-0.1, -0.05) is 12.1 Å². The third-order valence-corrected chi connectivity index (χ3v) is 6.25. The molecular weight excluding hydrogens is 452 g/mol. The normalized spacial score (nSPS) is 13.6. The van der Waals surface area contributed by atoms with Crippen molar-refractivity contribution >= 4 is 28.5 Å². The van der Waals surface area contributed by atoms with Crippen LogP contribution in [0.25, 0.3) is 11.0 Å². The summed E-state index contributed by atoms with van der Waals surface area (Å²) in [6.07, 6.45) is 3.85. The zero-order chi connectivity index (χ0) is 25.4. The predicted molar refractivity (Wildman–Crippen MR) is 139 cm³/mol. The Morgan fingerprint density at radius 1 is 1.06 bits per heavy atom. The van der Waals surface area contributed by atoms with E-state index >= 15 is 0 Å². The molecule has 0 unspecified atom stereocenters. The van der Waals surface area contributed by atoms with Crippen molar-refractivity contribution in [1.29, 1.82) is 0 Å². The fraction of sp³-hybridized carbons (Fsp3) is 0.321. The van der Waals surface area contributed by atoms with Gasteiger partial charge in [0.25, 0.3) is 11.8 Å². The number of pyridine rings is 2. The van der Waals surface area contributed by atoms with Crippen molar-refractivity contribution in [3.05, 3.63) is 82.9 Å². The molecule has 8 heteroatoms. The summed E-state index contributed by atoms with van der Waals surface area (Å²) in [5.74, 6) is -0.0935. The van der Waals surface area contributed by atoms with Crippen LogP contribution in [0.5, 0.6) is 0 Å². The van der Waals surface area contributed by atoms with E-state index in [2.05, 4.69) is 36.4 Å². The van der Waals surface area contributed by atoms with Crippen LogP contribution in [0.4, 0.5) is 5.69 Å². The maximum absolute atomic E-state index is 13.5. The molecule has 0 saturated heterocycles. The number of nitrogens with zero attached hydrogens (tertiary/aromatic N) is 4. The van der Waals surface area contributed by atoms with Gasteiger partial charge in [-0.2, -0.15) is 5.10 Å². The first-order valence-electron chi connectivity index (χ1n) is 12.2. The molecule has 1 saturated carbocycles. The zero-order valence-electron chi connectivity index (χ0n) is 21.0. The molecule has 36 heavy (non-hydrogen) atoms. The zero-order valence-corrected chi connectivity index (χ0v) is 21.0. The van der Waals surface area contributed by atoms with E-state index in [1.807, 2.05) is 35.9 Å². The Kier molecular flexibility index (Phi) is 6.04. The quantitative estimate of drug-likeness (QED) is 0.405. The minimum atomic E-state index is -0.271. The number of carbonyl (C=O) groups excluding carboxylic acids is 2. The van der Waals surface area contributed by atoms with Gasteiger partial charge in [0.05, 0.1) is 34.4 Å². The van der Waals surface area contributed by atoms with Crippen molar-refractivity contribution in [3.63, 3.8) is 0 Å². The lowest BCUT2D eigenvalue weighted by Crippen LogP contribution is -2.24. The fourth-order valence-corrected chi connectivity index (χ4v) is 4.26. The molecule has 3 heterocycles. The second-order valence-corrected chi connectivity index (χ2v) is 10.3. The molecule has 1 aliphatic carbocycles. The average molecular weight is 483 g/mol. The Hall–Kier alpha value is -4.07. The van der Waals surface area contributed by atoms with Crippen molar-refractivity contribution in [3.8, 4) is 0 Å². The lowest BCUT2D eigenvalue weighted by Gasteiger charge is -2.20. The van der Waals surface area contributed by atoms with E-state index in [1.165, 1.54) is 0 Å². The first-order valence-corrected chi connectivity index (χ1v) is 12.2. The van der Waals surface area contributed by atoms with Crippen LogP contribution in [0, 0.1) is 6.92 Å². The summed E-state index contributed by atoms with van der Waals surface area (Å²) in [4.78, 5) is 35.4. The number of aryl methyl sites for hydroxylation is 1. The molecule has 2 N–H and O–H groups in total. The Bertz CT molecular complexity index is 1450. The van der Waals surface area contributed by atoms with Crippen molar-refractivity contribution in [2.75, 3.05) is 5.32 Å². The van der Waals surface area contributed by atoms with Crippen LogP contribution < -0.4 is 10.6 Å². The number of amides is 2. The maximum Gasteiger partial charge on any atom is 0.256 e. The summed E-state index contributed by atoms with van der Waals surface area (Å²) in [6, 6.07) is 14.4. The predicted octanol–water partition coefficient (Wildman–Crippen LogP) is 4.95. The summed E-state index contributed by atoms with van der Waals surface area (Å²) >= 11 is 0. The average Bonchev–Trinajstić information content (AvgIpc) is 3.65. The molecule has 8 nitrogen and oxygen atoms in total. The Balaban J connectivity index is 1.42. The number of fused-ring (bicyclic) bond motifs is 1. The number of nitrogens with one attached hydrogen (secondary N) is 2. The highest BCUT2D eigenvalue weighted by Gasteiger charge is 2.30. The number of hydrogen-bond donors (Lipinski definition) is 2. The second-order valence-electron chi connectivity index (χ2n) is 10.3. The summed E-state index contributed by atoms with van der Waals surface area (Å²) in [5, 5.41) is 11.3. The van der Waals surface area contributed by atoms with Crippen molar-refractivity contribution < 1.29 is 9.59 Å². The number of rotatable bonds is 6. The molecule has 0 radical (unpaired) electrons. The first kappa shape index (κ1) is 23.7. The van der Waals surface area contributed by atoms with Gasteiger partial charge >= 0.3 is 0 Å². The van der Waals surface area contributed by atoms with Gasteiger partial charge in [0.2, 0.25) is 0 Å². The van der Waals surface area contributed by atoms with Gasteiger partial charge in [0, 0.05) is 29.1 Å². The van der Waals surface area contributed by atoms with E-state index in [4.69, 9.17) is 10.1 Å². The largest absolute Gasteiger partial charge is 0.346 e. The topological polar surface area (TPSA) is 102 Å². The summed E-state index contributed by atoms with van der Waals surface area (Å²) < 4.78 is 1.91. The molecule has 1 aromatic carbocycles. The molecule has 184 valence electrons. The number of carbonyl (C=O) groups is 2. The molecule has 4 aromatic rings. The van der Waals surface area contributed by atoms with Crippen LogP contribution >= 0.6 is 0 Å². The highest BCUT2D eigenvalue weighted by Crippen LogP contribution is 2.41. The van der Waals surface area contributed by atoms with Crippen LogP contribution in [0.3, 0.4) is 0 Å². The van der Waals surface area contributed by atoms with E-state index in [0.717, 1.165) is 41.0 Å². The monoisotopic (exact) mass is 482 g/mol.